The third-order valence-corrected chi connectivity index (χ3v) is 7.83. The van der Waals surface area contributed by atoms with E-state index >= 15 is 0 Å². The van der Waals surface area contributed by atoms with Crippen molar-refractivity contribution in [2.24, 2.45) is 0 Å². The molecule has 2 aromatic heterocycles. The zero-order valence-corrected chi connectivity index (χ0v) is 18.6. The molecule has 8 nitrogen and oxygen atoms in total. The summed E-state index contributed by atoms with van der Waals surface area (Å²) in [7, 11) is -2.54. The molecule has 2 N–H and O–H groups in total. The Balaban J connectivity index is 1.46. The summed E-state index contributed by atoms with van der Waals surface area (Å²) < 4.78 is 41.0. The number of halogens is 3. The molecule has 2 aromatic rings. The lowest BCUT2D eigenvalue weighted by Gasteiger charge is -2.41. The second-order valence-electron chi connectivity index (χ2n) is 8.30. The van der Waals surface area contributed by atoms with E-state index in [-0.39, 0.29) is 23.0 Å². The molecule has 0 saturated heterocycles. The van der Waals surface area contributed by atoms with Crippen LogP contribution in [0.15, 0.2) is 23.4 Å². The molecule has 12 heteroatoms. The summed E-state index contributed by atoms with van der Waals surface area (Å²) >= 11 is 5.85. The third-order valence-electron chi connectivity index (χ3n) is 6.15. The number of alkyl halides is 2. The maximum absolute atomic E-state index is 14.3. The molecule has 32 heavy (non-hydrogen) atoms. The molecule has 170 valence electrons. The highest BCUT2D eigenvalue weighted by Gasteiger charge is 2.50. The van der Waals surface area contributed by atoms with Crippen LogP contribution in [0, 0.1) is 0 Å². The Morgan fingerprint density at radius 3 is 2.59 bits per heavy atom. The fraction of sp³-hybridized carbons (Fsp3) is 0.500. The van der Waals surface area contributed by atoms with E-state index in [9.17, 15) is 18.1 Å². The molecule has 0 amide bonds. The summed E-state index contributed by atoms with van der Waals surface area (Å²) in [6.45, 7) is 0.839. The molecule has 0 radical (unpaired) electrons. The Morgan fingerprint density at radius 1 is 1.25 bits per heavy atom. The minimum Gasteiger partial charge on any atom is -0.394 e. The van der Waals surface area contributed by atoms with Gasteiger partial charge in [0.25, 0.3) is 0 Å². The number of nitrogens with zero attached hydrogens (tertiary/aromatic N) is 5. The van der Waals surface area contributed by atoms with Gasteiger partial charge in [-0.15, -0.1) is 0 Å². The first-order valence-corrected chi connectivity index (χ1v) is 11.8. The number of nitrogens with one attached hydrogen (secondary N) is 1. The fourth-order valence-electron chi connectivity index (χ4n) is 4.14. The Hall–Kier alpha value is -2.24. The number of hydrogen-bond donors (Lipinski definition) is 2. The van der Waals surface area contributed by atoms with Crippen molar-refractivity contribution < 1.29 is 18.1 Å². The van der Waals surface area contributed by atoms with Crippen molar-refractivity contribution >= 4 is 39.7 Å². The lowest BCUT2D eigenvalue weighted by Crippen LogP contribution is -2.49. The monoisotopic (exact) mass is 482 g/mol. The van der Waals surface area contributed by atoms with Gasteiger partial charge in [-0.05, 0) is 31.3 Å². The number of rotatable bonds is 5. The maximum atomic E-state index is 14.3. The molecule has 2 aliphatic heterocycles. The molecule has 1 saturated carbocycles. The van der Waals surface area contributed by atoms with E-state index in [2.05, 4.69) is 25.3 Å². The van der Waals surface area contributed by atoms with Gasteiger partial charge in [-0.3, -0.25) is 0 Å². The standard InChI is InChI=1S/C20H21ClF2N6O2S/c21-13-9-24-16(25-10-13)12-2-6-29(7-3-12)18-26-14-8-20(22,23)32(31)15(14)17(27-18)28-19(11-30)4-1-5-19/h2,9-10,30H,1,3-8,11H2,(H,26,27,28)/t32-/m0/s1. The molecule has 0 aromatic carbocycles. The molecule has 1 aliphatic carbocycles. The minimum atomic E-state index is -3.39. The first-order valence-electron chi connectivity index (χ1n) is 10.3. The van der Waals surface area contributed by atoms with Gasteiger partial charge in [-0.25, -0.2) is 19.2 Å². The van der Waals surface area contributed by atoms with Crippen LogP contribution in [0.1, 0.15) is 37.2 Å². The van der Waals surface area contributed by atoms with Gasteiger partial charge in [0.2, 0.25) is 5.95 Å². The average Bonchev–Trinajstić information content (AvgIpc) is 2.99. The van der Waals surface area contributed by atoms with E-state index in [4.69, 9.17) is 11.6 Å². The van der Waals surface area contributed by atoms with Crippen LogP contribution in [0.2, 0.25) is 5.02 Å². The van der Waals surface area contributed by atoms with Crippen molar-refractivity contribution in [2.75, 3.05) is 29.9 Å². The number of anilines is 2. The van der Waals surface area contributed by atoms with E-state index < -0.39 is 28.0 Å². The molecule has 1 fully saturated rings. The Morgan fingerprint density at radius 2 is 2.00 bits per heavy atom. The summed E-state index contributed by atoms with van der Waals surface area (Å²) in [5.74, 6) is 1.02. The van der Waals surface area contributed by atoms with Crippen molar-refractivity contribution in [3.8, 4) is 0 Å². The van der Waals surface area contributed by atoms with E-state index in [0.717, 1.165) is 12.0 Å². The summed E-state index contributed by atoms with van der Waals surface area (Å²) in [5.41, 5.74) is 0.422. The molecule has 3 aliphatic rings. The predicted octanol–water partition coefficient (Wildman–Crippen LogP) is 2.80. The van der Waals surface area contributed by atoms with Crippen LogP contribution in [0.3, 0.4) is 0 Å². The van der Waals surface area contributed by atoms with Gasteiger partial charge in [0.05, 0.1) is 29.3 Å². The van der Waals surface area contributed by atoms with Crippen molar-refractivity contribution in [1.29, 1.82) is 0 Å². The fourth-order valence-corrected chi connectivity index (χ4v) is 5.41. The zero-order chi connectivity index (χ0) is 22.5. The van der Waals surface area contributed by atoms with Crippen molar-refractivity contribution in [3.63, 3.8) is 0 Å². The summed E-state index contributed by atoms with van der Waals surface area (Å²) in [5, 5.41) is 10.0. The van der Waals surface area contributed by atoms with Crippen LogP contribution >= 0.6 is 11.6 Å². The van der Waals surface area contributed by atoms with E-state index in [0.29, 0.717) is 49.1 Å². The molecule has 0 unspecified atom stereocenters. The van der Waals surface area contributed by atoms with Gasteiger partial charge in [-0.2, -0.15) is 13.8 Å². The topological polar surface area (TPSA) is 104 Å². The smallest absolute Gasteiger partial charge is 0.331 e. The predicted molar refractivity (Wildman–Crippen MR) is 116 cm³/mol. The summed E-state index contributed by atoms with van der Waals surface area (Å²) in [6.07, 6.45) is 7.25. The van der Waals surface area contributed by atoms with E-state index in [1.807, 2.05) is 11.0 Å². The molecule has 1 atom stereocenters. The molecular weight excluding hydrogens is 462 g/mol. The lowest BCUT2D eigenvalue weighted by molar-refractivity contribution is 0.104. The van der Waals surface area contributed by atoms with Crippen molar-refractivity contribution in [3.05, 3.63) is 35.0 Å². The molecule has 4 heterocycles. The van der Waals surface area contributed by atoms with Crippen LogP contribution in [-0.2, 0) is 17.2 Å². The van der Waals surface area contributed by atoms with E-state index in [1.54, 1.807) is 0 Å². The second kappa shape index (κ2) is 7.96. The number of fused-ring (bicyclic) bond motifs is 1. The number of aromatic nitrogens is 4. The number of hydrogen-bond acceptors (Lipinski definition) is 8. The summed E-state index contributed by atoms with van der Waals surface area (Å²) in [4.78, 5) is 19.1. The van der Waals surface area contributed by atoms with E-state index in [1.165, 1.54) is 12.4 Å². The molecule has 0 bridgehead atoms. The number of aliphatic hydroxyl groups excluding tert-OH is 1. The van der Waals surface area contributed by atoms with Gasteiger partial charge in [-0.1, -0.05) is 17.7 Å². The quantitative estimate of drug-likeness (QED) is 0.670. The van der Waals surface area contributed by atoms with Crippen LogP contribution < -0.4 is 10.2 Å². The van der Waals surface area contributed by atoms with Crippen LogP contribution in [-0.4, -0.2) is 59.7 Å². The van der Waals surface area contributed by atoms with Crippen molar-refractivity contribution in [2.45, 2.75) is 47.8 Å². The molecule has 0 spiro atoms. The Bertz CT molecular complexity index is 1100. The Labute approximate surface area is 190 Å². The summed E-state index contributed by atoms with van der Waals surface area (Å²) in [6, 6.07) is 0. The van der Waals surface area contributed by atoms with Crippen LogP contribution in [0.4, 0.5) is 20.5 Å². The van der Waals surface area contributed by atoms with Crippen LogP contribution in [0.25, 0.3) is 5.57 Å². The average molecular weight is 483 g/mol. The highest BCUT2D eigenvalue weighted by Crippen LogP contribution is 2.44. The highest BCUT2D eigenvalue weighted by atomic mass is 35.5. The Kier molecular flexibility index (Phi) is 5.37. The highest BCUT2D eigenvalue weighted by molar-refractivity contribution is 7.86. The second-order valence-corrected chi connectivity index (χ2v) is 10.3. The minimum absolute atomic E-state index is 0.0544. The van der Waals surface area contributed by atoms with Gasteiger partial charge in [0, 0.05) is 25.5 Å². The van der Waals surface area contributed by atoms with Crippen molar-refractivity contribution in [1.82, 2.24) is 19.9 Å². The first-order chi connectivity index (χ1) is 15.3. The van der Waals surface area contributed by atoms with Gasteiger partial charge < -0.3 is 15.3 Å². The van der Waals surface area contributed by atoms with Gasteiger partial charge in [0.1, 0.15) is 21.5 Å². The third kappa shape index (κ3) is 3.75. The molecular formula is C20H21ClF2N6O2S. The molecule has 5 rings (SSSR count). The zero-order valence-electron chi connectivity index (χ0n) is 17.0. The van der Waals surface area contributed by atoms with Gasteiger partial charge in [0.15, 0.2) is 5.82 Å². The number of aliphatic hydroxyl groups is 1. The van der Waals surface area contributed by atoms with Gasteiger partial charge >= 0.3 is 5.25 Å². The first kappa shape index (κ1) is 21.6. The normalized spacial score (nSPS) is 23.3. The lowest BCUT2D eigenvalue weighted by atomic mass is 9.77. The van der Waals surface area contributed by atoms with Crippen LogP contribution in [0.5, 0.6) is 0 Å². The largest absolute Gasteiger partial charge is 0.394 e. The maximum Gasteiger partial charge on any atom is 0.331 e. The SMILES string of the molecule is O=[S@]1c2c(nc(N3CC=C(c4ncc(Cl)cn4)CC3)nc2NC2(CO)CCC2)CC1(F)F.